The first kappa shape index (κ1) is 6.63. The second-order valence-corrected chi connectivity index (χ2v) is 1.57. The van der Waals surface area contributed by atoms with Gasteiger partial charge in [-0.3, -0.25) is 0 Å². The van der Waals surface area contributed by atoms with Crippen LogP contribution in [0.4, 0.5) is 0 Å². The number of ether oxygens (including phenoxy) is 1. The molecule has 0 amide bonds. The topological polar surface area (TPSA) is 26.3 Å². The number of hydrogen-bond acceptors (Lipinski definition) is 2. The molecule has 0 bridgehead atoms. The summed E-state index contributed by atoms with van der Waals surface area (Å²) in [6.45, 7) is 2.35. The summed E-state index contributed by atoms with van der Waals surface area (Å²) in [4.78, 5) is 9.81. The first-order chi connectivity index (χ1) is 3.31. The van der Waals surface area contributed by atoms with Crippen LogP contribution in [0.1, 0.15) is 6.92 Å². The van der Waals surface area contributed by atoms with E-state index in [9.17, 15) is 4.79 Å². The van der Waals surface area contributed by atoms with Crippen LogP contribution in [-0.4, -0.2) is 20.0 Å². The van der Waals surface area contributed by atoms with E-state index in [0.717, 1.165) is 6.29 Å². The van der Waals surface area contributed by atoms with Crippen LogP contribution in [0.3, 0.4) is 0 Å². The van der Waals surface area contributed by atoms with E-state index in [1.165, 1.54) is 0 Å². The summed E-state index contributed by atoms with van der Waals surface area (Å²) in [6, 6.07) is 0. The number of carbonyl (C=O) groups excluding carboxylic acids is 1. The van der Waals surface area contributed by atoms with Crippen LogP contribution in [0.25, 0.3) is 0 Å². The Morgan fingerprint density at radius 1 is 1.86 bits per heavy atom. The highest BCUT2D eigenvalue weighted by molar-refractivity contribution is 5.52. The molecule has 0 saturated heterocycles. The van der Waals surface area contributed by atoms with Crippen molar-refractivity contribution in [3.8, 4) is 0 Å². The molecule has 2 nitrogen and oxygen atoms in total. The molecular formula is C5H10O2. The molecule has 0 aromatic heterocycles. The lowest BCUT2D eigenvalue weighted by Gasteiger charge is -1.96. The van der Waals surface area contributed by atoms with Gasteiger partial charge in [0.05, 0.1) is 6.61 Å². The van der Waals surface area contributed by atoms with E-state index in [1.807, 2.05) is 6.92 Å². The van der Waals surface area contributed by atoms with Gasteiger partial charge in [0.1, 0.15) is 6.29 Å². The molecule has 0 unspecified atom stereocenters. The second kappa shape index (κ2) is 3.81. The lowest BCUT2D eigenvalue weighted by Crippen LogP contribution is -2.03. The van der Waals surface area contributed by atoms with Crippen LogP contribution in [0.15, 0.2) is 0 Å². The average molecular weight is 102 g/mol. The Labute approximate surface area is 43.5 Å². The van der Waals surface area contributed by atoms with Gasteiger partial charge in [0.15, 0.2) is 0 Å². The van der Waals surface area contributed by atoms with Crippen LogP contribution >= 0.6 is 0 Å². The molecule has 0 N–H and O–H groups in total. The summed E-state index contributed by atoms with van der Waals surface area (Å²) in [5.41, 5.74) is 0. The van der Waals surface area contributed by atoms with E-state index in [2.05, 4.69) is 4.74 Å². The zero-order chi connectivity index (χ0) is 5.70. The van der Waals surface area contributed by atoms with Gasteiger partial charge in [0.25, 0.3) is 0 Å². The third-order valence-electron chi connectivity index (χ3n) is 0.662. The highest BCUT2D eigenvalue weighted by Gasteiger charge is 1.93. The molecule has 0 saturated carbocycles. The molecular weight excluding hydrogens is 92.1 g/mol. The fraction of sp³-hybridized carbons (Fsp3) is 0.800. The minimum absolute atomic E-state index is 0.0463. The fourth-order valence-corrected chi connectivity index (χ4v) is 0.302. The molecule has 42 valence electrons. The number of rotatable bonds is 3. The normalized spacial score (nSPS) is 13.4. The summed E-state index contributed by atoms with van der Waals surface area (Å²) in [7, 11) is 1.58. The molecule has 1 atom stereocenters. The molecule has 2 heteroatoms. The first-order valence-corrected chi connectivity index (χ1v) is 2.25. The SMILES string of the molecule is COC[C@@H](C)C=O. The zero-order valence-electron chi connectivity index (χ0n) is 4.68. The zero-order valence-corrected chi connectivity index (χ0v) is 4.68. The van der Waals surface area contributed by atoms with Gasteiger partial charge in [-0.25, -0.2) is 0 Å². The van der Waals surface area contributed by atoms with Crippen molar-refractivity contribution in [2.45, 2.75) is 6.92 Å². The second-order valence-electron chi connectivity index (χ2n) is 1.57. The minimum atomic E-state index is 0.0463. The maximum Gasteiger partial charge on any atom is 0.125 e. The number of aldehydes is 1. The van der Waals surface area contributed by atoms with E-state index in [0.29, 0.717) is 6.61 Å². The van der Waals surface area contributed by atoms with Gasteiger partial charge in [0, 0.05) is 13.0 Å². The Hall–Kier alpha value is -0.370. The summed E-state index contributed by atoms with van der Waals surface area (Å²) in [5.74, 6) is 0.0463. The van der Waals surface area contributed by atoms with E-state index in [-0.39, 0.29) is 5.92 Å². The quantitative estimate of drug-likeness (QED) is 0.484. The van der Waals surface area contributed by atoms with Crippen molar-refractivity contribution in [2.24, 2.45) is 5.92 Å². The molecule has 0 radical (unpaired) electrons. The molecule has 0 aromatic rings. The largest absolute Gasteiger partial charge is 0.384 e. The molecule has 7 heavy (non-hydrogen) atoms. The summed E-state index contributed by atoms with van der Waals surface area (Å²) < 4.78 is 4.66. The molecule has 0 rings (SSSR count). The van der Waals surface area contributed by atoms with Crippen molar-refractivity contribution in [2.75, 3.05) is 13.7 Å². The fourth-order valence-electron chi connectivity index (χ4n) is 0.302. The molecule has 0 heterocycles. The third-order valence-corrected chi connectivity index (χ3v) is 0.662. The van der Waals surface area contributed by atoms with Crippen molar-refractivity contribution < 1.29 is 9.53 Å². The van der Waals surface area contributed by atoms with Gasteiger partial charge in [-0.1, -0.05) is 6.92 Å². The van der Waals surface area contributed by atoms with Crippen molar-refractivity contribution >= 4 is 6.29 Å². The van der Waals surface area contributed by atoms with Gasteiger partial charge in [-0.15, -0.1) is 0 Å². The van der Waals surface area contributed by atoms with E-state index < -0.39 is 0 Å². The lowest BCUT2D eigenvalue weighted by molar-refractivity contribution is -0.111. The average Bonchev–Trinajstić information content (AvgIpc) is 1.68. The smallest absolute Gasteiger partial charge is 0.125 e. The third kappa shape index (κ3) is 3.46. The van der Waals surface area contributed by atoms with Gasteiger partial charge in [0.2, 0.25) is 0 Å². The van der Waals surface area contributed by atoms with Gasteiger partial charge in [-0.05, 0) is 0 Å². The van der Waals surface area contributed by atoms with Crippen LogP contribution in [0.2, 0.25) is 0 Å². The Morgan fingerprint density at radius 3 is 2.57 bits per heavy atom. The van der Waals surface area contributed by atoms with Crippen LogP contribution < -0.4 is 0 Å². The van der Waals surface area contributed by atoms with E-state index >= 15 is 0 Å². The predicted molar refractivity (Wildman–Crippen MR) is 27.1 cm³/mol. The van der Waals surface area contributed by atoms with E-state index in [4.69, 9.17) is 0 Å². The Bertz CT molecular complexity index is 52.0. The Kier molecular flexibility index (Phi) is 3.61. The maximum atomic E-state index is 9.81. The van der Waals surface area contributed by atoms with Crippen molar-refractivity contribution in [3.05, 3.63) is 0 Å². The molecule has 0 aliphatic heterocycles. The van der Waals surface area contributed by atoms with E-state index in [1.54, 1.807) is 7.11 Å². The Morgan fingerprint density at radius 2 is 2.43 bits per heavy atom. The number of methoxy groups -OCH3 is 1. The van der Waals surface area contributed by atoms with Crippen molar-refractivity contribution in [1.29, 1.82) is 0 Å². The van der Waals surface area contributed by atoms with Crippen LogP contribution in [-0.2, 0) is 9.53 Å². The lowest BCUT2D eigenvalue weighted by atomic mass is 10.2. The van der Waals surface area contributed by atoms with Crippen molar-refractivity contribution in [3.63, 3.8) is 0 Å². The molecule has 0 aliphatic rings. The minimum Gasteiger partial charge on any atom is -0.384 e. The number of hydrogen-bond donors (Lipinski definition) is 0. The molecule has 0 fully saturated rings. The standard InChI is InChI=1S/C5H10O2/c1-5(3-6)4-7-2/h3,5H,4H2,1-2H3/t5-/m0/s1. The van der Waals surface area contributed by atoms with Gasteiger partial charge >= 0.3 is 0 Å². The van der Waals surface area contributed by atoms with Crippen LogP contribution in [0, 0.1) is 5.92 Å². The first-order valence-electron chi connectivity index (χ1n) is 2.25. The monoisotopic (exact) mass is 102 g/mol. The van der Waals surface area contributed by atoms with Crippen LogP contribution in [0.5, 0.6) is 0 Å². The van der Waals surface area contributed by atoms with Crippen molar-refractivity contribution in [1.82, 2.24) is 0 Å². The highest BCUT2D eigenvalue weighted by Crippen LogP contribution is 1.86. The molecule has 0 spiro atoms. The van der Waals surface area contributed by atoms with Gasteiger partial charge < -0.3 is 9.53 Å². The Balaban J connectivity index is 2.98. The van der Waals surface area contributed by atoms with Gasteiger partial charge in [-0.2, -0.15) is 0 Å². The summed E-state index contributed by atoms with van der Waals surface area (Å²) in [6.07, 6.45) is 0.878. The maximum absolute atomic E-state index is 9.81. The summed E-state index contributed by atoms with van der Waals surface area (Å²) in [5, 5.41) is 0. The predicted octanol–water partition coefficient (Wildman–Crippen LogP) is 0.468. The highest BCUT2D eigenvalue weighted by atomic mass is 16.5. The summed E-state index contributed by atoms with van der Waals surface area (Å²) >= 11 is 0. The number of carbonyl (C=O) groups is 1. The molecule has 0 aliphatic carbocycles. The molecule has 0 aromatic carbocycles.